The number of nitrogens with two attached hydrogens (primary N) is 1. The van der Waals surface area contributed by atoms with E-state index in [9.17, 15) is 0 Å². The summed E-state index contributed by atoms with van der Waals surface area (Å²) in [6, 6.07) is 11.8. The van der Waals surface area contributed by atoms with Gasteiger partial charge in [-0.15, -0.1) is 0 Å². The fraction of sp³-hybridized carbons (Fsp3) is 0.375. The van der Waals surface area contributed by atoms with Crippen LogP contribution in [-0.2, 0) is 13.1 Å². The van der Waals surface area contributed by atoms with Crippen LogP contribution in [0.4, 0.5) is 17.6 Å². The van der Waals surface area contributed by atoms with E-state index < -0.39 is 0 Å². The third-order valence-corrected chi connectivity index (χ3v) is 6.17. The predicted octanol–water partition coefficient (Wildman–Crippen LogP) is 2.02. The molecule has 182 valence electrons. The van der Waals surface area contributed by atoms with Gasteiger partial charge in [0.2, 0.25) is 18.7 Å². The zero-order valence-electron chi connectivity index (χ0n) is 19.3. The summed E-state index contributed by atoms with van der Waals surface area (Å²) in [4.78, 5) is 18.0. The van der Waals surface area contributed by atoms with Gasteiger partial charge in [0.05, 0.1) is 6.54 Å². The van der Waals surface area contributed by atoms with Crippen LogP contribution in [-0.4, -0.2) is 70.9 Å². The van der Waals surface area contributed by atoms with Crippen molar-refractivity contribution in [1.82, 2.24) is 24.8 Å². The molecule has 0 saturated carbocycles. The number of benzene rings is 2. The predicted molar refractivity (Wildman–Crippen MR) is 128 cm³/mol. The highest BCUT2D eigenvalue weighted by atomic mass is 16.7. The molecular weight excluding hydrogens is 450 g/mol. The SMILES string of the molecule is Nc1nc(CN2CCN(Cc3ccc4c(c3)OCO4)CC2)nc(Nc2ccc3c(c2)OCCO3)n1. The number of hydrogen-bond donors (Lipinski definition) is 2. The molecule has 0 unspecified atom stereocenters. The Balaban J connectivity index is 1.05. The summed E-state index contributed by atoms with van der Waals surface area (Å²) in [5.41, 5.74) is 8.00. The maximum Gasteiger partial charge on any atom is 0.232 e. The second-order valence-electron chi connectivity index (χ2n) is 8.66. The molecule has 0 atom stereocenters. The highest BCUT2D eigenvalue weighted by molar-refractivity contribution is 5.60. The average Bonchev–Trinajstić information content (AvgIpc) is 3.33. The average molecular weight is 478 g/mol. The van der Waals surface area contributed by atoms with Crippen molar-refractivity contribution in [2.45, 2.75) is 13.1 Å². The number of aromatic nitrogens is 3. The molecule has 35 heavy (non-hydrogen) atoms. The van der Waals surface area contributed by atoms with Gasteiger partial charge in [-0.25, -0.2) is 0 Å². The summed E-state index contributed by atoms with van der Waals surface area (Å²) < 4.78 is 22.1. The molecule has 1 fully saturated rings. The van der Waals surface area contributed by atoms with Gasteiger partial charge >= 0.3 is 0 Å². The summed E-state index contributed by atoms with van der Waals surface area (Å²) in [6.45, 7) is 6.62. The van der Waals surface area contributed by atoms with Crippen LogP contribution in [0.1, 0.15) is 11.4 Å². The number of nitrogens with one attached hydrogen (secondary N) is 1. The van der Waals surface area contributed by atoms with Gasteiger partial charge in [0.1, 0.15) is 19.0 Å². The lowest BCUT2D eigenvalue weighted by Crippen LogP contribution is -2.45. The summed E-state index contributed by atoms with van der Waals surface area (Å²) in [5.74, 6) is 4.31. The molecule has 0 bridgehead atoms. The van der Waals surface area contributed by atoms with E-state index in [1.807, 2.05) is 24.3 Å². The van der Waals surface area contributed by atoms with Crippen LogP contribution < -0.4 is 30.0 Å². The molecule has 0 spiro atoms. The van der Waals surface area contributed by atoms with Gasteiger partial charge in [-0.3, -0.25) is 9.80 Å². The Bertz CT molecular complexity index is 1220. The maximum absolute atomic E-state index is 5.98. The van der Waals surface area contributed by atoms with Gasteiger partial charge in [0.15, 0.2) is 23.0 Å². The zero-order chi connectivity index (χ0) is 23.6. The highest BCUT2D eigenvalue weighted by Gasteiger charge is 2.20. The molecule has 3 N–H and O–H groups in total. The molecule has 0 radical (unpaired) electrons. The highest BCUT2D eigenvalue weighted by Crippen LogP contribution is 2.34. The third kappa shape index (κ3) is 5.00. The minimum absolute atomic E-state index is 0.191. The van der Waals surface area contributed by atoms with Crippen LogP contribution >= 0.6 is 0 Å². The second kappa shape index (κ2) is 9.43. The third-order valence-electron chi connectivity index (χ3n) is 6.17. The number of hydrogen-bond acceptors (Lipinski definition) is 11. The second-order valence-corrected chi connectivity index (χ2v) is 8.66. The van der Waals surface area contributed by atoms with Gasteiger partial charge in [-0.1, -0.05) is 6.07 Å². The molecule has 11 nitrogen and oxygen atoms in total. The fourth-order valence-corrected chi connectivity index (χ4v) is 4.42. The van der Waals surface area contributed by atoms with E-state index in [-0.39, 0.29) is 5.95 Å². The van der Waals surface area contributed by atoms with Crippen molar-refractivity contribution >= 4 is 17.6 Å². The Hall–Kier alpha value is -3.83. The first kappa shape index (κ1) is 21.7. The van der Waals surface area contributed by atoms with Crippen LogP contribution in [0.5, 0.6) is 23.0 Å². The number of ether oxygens (including phenoxy) is 4. The van der Waals surface area contributed by atoms with Gasteiger partial charge in [-0.05, 0) is 29.8 Å². The van der Waals surface area contributed by atoms with Gasteiger partial charge in [-0.2, -0.15) is 15.0 Å². The van der Waals surface area contributed by atoms with Gasteiger partial charge < -0.3 is 30.0 Å². The standard InChI is InChI=1S/C24H27N7O4/c25-23-27-22(28-24(29-23)26-17-2-4-18-21(12-17)33-10-9-32-18)14-31-7-5-30(6-8-31)13-16-1-3-19-20(11-16)35-15-34-19/h1-4,11-12H,5-10,13-15H2,(H3,25,26,27,28,29). The molecule has 1 saturated heterocycles. The fourth-order valence-electron chi connectivity index (χ4n) is 4.42. The molecule has 3 aromatic rings. The lowest BCUT2D eigenvalue weighted by molar-refractivity contribution is 0.120. The molecular formula is C24H27N7O4. The maximum atomic E-state index is 5.98. The molecule has 3 aliphatic rings. The number of nitrogens with zero attached hydrogens (tertiary/aromatic N) is 5. The van der Waals surface area contributed by atoms with E-state index >= 15 is 0 Å². The van der Waals surface area contributed by atoms with Crippen LogP contribution in [0.2, 0.25) is 0 Å². The summed E-state index contributed by atoms with van der Waals surface area (Å²) in [6.07, 6.45) is 0. The van der Waals surface area contributed by atoms with Crippen LogP contribution in [0.15, 0.2) is 36.4 Å². The van der Waals surface area contributed by atoms with Crippen molar-refractivity contribution in [1.29, 1.82) is 0 Å². The molecule has 3 aliphatic heterocycles. The first-order chi connectivity index (χ1) is 17.2. The van der Waals surface area contributed by atoms with Crippen molar-refractivity contribution in [2.24, 2.45) is 0 Å². The van der Waals surface area contributed by atoms with Crippen molar-refractivity contribution in [3.05, 3.63) is 47.8 Å². The Morgan fingerprint density at radius 1 is 0.743 bits per heavy atom. The number of fused-ring (bicyclic) bond motifs is 2. The normalized spacial score (nSPS) is 17.4. The molecule has 6 rings (SSSR count). The number of piperazine rings is 1. The molecule has 0 amide bonds. The van der Waals surface area contributed by atoms with Gasteiger partial charge in [0.25, 0.3) is 0 Å². The van der Waals surface area contributed by atoms with E-state index in [0.29, 0.717) is 44.1 Å². The molecule has 2 aromatic carbocycles. The topological polar surface area (TPSA) is 120 Å². The zero-order valence-corrected chi connectivity index (χ0v) is 19.3. The minimum Gasteiger partial charge on any atom is -0.486 e. The Labute approximate surface area is 202 Å². The molecule has 11 heteroatoms. The lowest BCUT2D eigenvalue weighted by atomic mass is 10.1. The smallest absolute Gasteiger partial charge is 0.232 e. The molecule has 4 heterocycles. The van der Waals surface area contributed by atoms with E-state index in [0.717, 1.165) is 55.7 Å². The number of nitrogen functional groups attached to an aromatic ring is 1. The van der Waals surface area contributed by atoms with E-state index in [4.69, 9.17) is 24.7 Å². The van der Waals surface area contributed by atoms with E-state index in [1.165, 1.54) is 5.56 Å². The number of anilines is 3. The van der Waals surface area contributed by atoms with Crippen LogP contribution in [0.3, 0.4) is 0 Å². The first-order valence-corrected chi connectivity index (χ1v) is 11.7. The Kier molecular flexibility index (Phi) is 5.84. The number of rotatable bonds is 6. The largest absolute Gasteiger partial charge is 0.486 e. The van der Waals surface area contributed by atoms with Crippen molar-refractivity contribution < 1.29 is 18.9 Å². The Morgan fingerprint density at radius 3 is 2.29 bits per heavy atom. The quantitative estimate of drug-likeness (QED) is 0.542. The molecule has 1 aromatic heterocycles. The van der Waals surface area contributed by atoms with E-state index in [1.54, 1.807) is 0 Å². The Morgan fingerprint density at radius 2 is 1.43 bits per heavy atom. The van der Waals surface area contributed by atoms with Crippen LogP contribution in [0, 0.1) is 0 Å². The van der Waals surface area contributed by atoms with Crippen molar-refractivity contribution in [3.63, 3.8) is 0 Å². The van der Waals surface area contributed by atoms with Crippen molar-refractivity contribution in [3.8, 4) is 23.0 Å². The van der Waals surface area contributed by atoms with Crippen molar-refractivity contribution in [2.75, 3.05) is 57.2 Å². The monoisotopic (exact) mass is 477 g/mol. The van der Waals surface area contributed by atoms with Gasteiger partial charge in [0, 0.05) is 44.5 Å². The summed E-state index contributed by atoms with van der Waals surface area (Å²) in [5, 5.41) is 3.20. The lowest BCUT2D eigenvalue weighted by Gasteiger charge is -2.34. The minimum atomic E-state index is 0.191. The van der Waals surface area contributed by atoms with E-state index in [2.05, 4.69) is 42.2 Å². The first-order valence-electron chi connectivity index (χ1n) is 11.7. The van der Waals surface area contributed by atoms with Crippen LogP contribution in [0.25, 0.3) is 0 Å². The molecule has 0 aliphatic carbocycles. The summed E-state index contributed by atoms with van der Waals surface area (Å²) >= 11 is 0. The summed E-state index contributed by atoms with van der Waals surface area (Å²) in [7, 11) is 0.